The third kappa shape index (κ3) is 2.85. The number of nitrogens with zero attached hydrogens (tertiary/aromatic N) is 1. The van der Waals surface area contributed by atoms with E-state index >= 15 is 0 Å². The highest BCUT2D eigenvalue weighted by atomic mass is 35.5. The number of benzene rings is 2. The first-order valence-corrected chi connectivity index (χ1v) is 8.52. The van der Waals surface area contributed by atoms with Gasteiger partial charge in [-0.05, 0) is 30.2 Å². The van der Waals surface area contributed by atoms with E-state index in [0.29, 0.717) is 17.5 Å². The number of halogens is 1. The SMILES string of the molecule is Cc1ccccc1Cc1nc2cc(Cl)c(S(N)(=O)=O)cc2[nH]1. The lowest BCUT2D eigenvalue weighted by molar-refractivity contribution is 0.598. The van der Waals surface area contributed by atoms with E-state index in [1.807, 2.05) is 31.2 Å². The number of nitrogens with two attached hydrogens (primary N) is 1. The van der Waals surface area contributed by atoms with Gasteiger partial charge in [-0.15, -0.1) is 0 Å². The molecule has 3 rings (SSSR count). The normalized spacial score (nSPS) is 12.0. The minimum atomic E-state index is -3.86. The Kier molecular flexibility index (Phi) is 3.68. The average Bonchev–Trinajstić information content (AvgIpc) is 2.80. The van der Waals surface area contributed by atoms with Crippen molar-refractivity contribution in [2.24, 2.45) is 5.14 Å². The molecule has 0 atom stereocenters. The fourth-order valence-corrected chi connectivity index (χ4v) is 3.45. The van der Waals surface area contributed by atoms with Crippen LogP contribution in [0.1, 0.15) is 17.0 Å². The number of sulfonamides is 1. The van der Waals surface area contributed by atoms with Gasteiger partial charge >= 0.3 is 0 Å². The summed E-state index contributed by atoms with van der Waals surface area (Å²) in [4.78, 5) is 7.47. The quantitative estimate of drug-likeness (QED) is 0.771. The van der Waals surface area contributed by atoms with Crippen LogP contribution >= 0.6 is 11.6 Å². The summed E-state index contributed by atoms with van der Waals surface area (Å²) in [5.41, 5.74) is 3.53. The molecule has 2 aromatic carbocycles. The number of rotatable bonds is 3. The maximum absolute atomic E-state index is 11.5. The molecule has 0 fully saturated rings. The van der Waals surface area contributed by atoms with Crippen LogP contribution in [-0.4, -0.2) is 18.4 Å². The summed E-state index contributed by atoms with van der Waals surface area (Å²) in [6.07, 6.45) is 0.629. The van der Waals surface area contributed by atoms with Crippen molar-refractivity contribution in [1.29, 1.82) is 0 Å². The number of hydrogen-bond donors (Lipinski definition) is 2. The number of hydrogen-bond acceptors (Lipinski definition) is 3. The molecule has 0 aliphatic heterocycles. The molecule has 3 aromatic rings. The van der Waals surface area contributed by atoms with Gasteiger partial charge in [0, 0.05) is 6.42 Å². The summed E-state index contributed by atoms with van der Waals surface area (Å²) in [6.45, 7) is 2.04. The van der Waals surface area contributed by atoms with Gasteiger partial charge in [-0.3, -0.25) is 0 Å². The van der Waals surface area contributed by atoms with E-state index in [4.69, 9.17) is 16.7 Å². The summed E-state index contributed by atoms with van der Waals surface area (Å²) in [5, 5.41) is 5.23. The fraction of sp³-hybridized carbons (Fsp3) is 0.133. The molecule has 0 unspecified atom stereocenters. The second kappa shape index (κ2) is 5.39. The maximum Gasteiger partial charge on any atom is 0.239 e. The van der Waals surface area contributed by atoms with E-state index in [1.165, 1.54) is 17.7 Å². The Morgan fingerprint density at radius 2 is 2.00 bits per heavy atom. The Labute approximate surface area is 133 Å². The number of fused-ring (bicyclic) bond motifs is 1. The largest absolute Gasteiger partial charge is 0.342 e. The third-order valence-corrected chi connectivity index (χ3v) is 4.89. The van der Waals surface area contributed by atoms with Crippen molar-refractivity contribution in [3.8, 4) is 0 Å². The lowest BCUT2D eigenvalue weighted by atomic mass is 10.1. The van der Waals surface area contributed by atoms with E-state index in [1.54, 1.807) is 0 Å². The van der Waals surface area contributed by atoms with Crippen molar-refractivity contribution in [2.45, 2.75) is 18.2 Å². The van der Waals surface area contributed by atoms with Crippen molar-refractivity contribution < 1.29 is 8.42 Å². The molecule has 7 heteroatoms. The molecule has 114 valence electrons. The van der Waals surface area contributed by atoms with Crippen molar-refractivity contribution in [3.05, 3.63) is 58.4 Å². The lowest BCUT2D eigenvalue weighted by Gasteiger charge is -2.02. The average molecular weight is 336 g/mol. The Hall–Kier alpha value is -1.89. The van der Waals surface area contributed by atoms with E-state index in [-0.39, 0.29) is 9.92 Å². The second-order valence-corrected chi connectivity index (χ2v) is 7.07. The van der Waals surface area contributed by atoms with Crippen LogP contribution in [0.5, 0.6) is 0 Å². The Morgan fingerprint density at radius 1 is 1.27 bits per heavy atom. The Balaban J connectivity index is 2.05. The van der Waals surface area contributed by atoms with E-state index in [0.717, 1.165) is 11.4 Å². The van der Waals surface area contributed by atoms with Crippen LogP contribution in [0, 0.1) is 6.92 Å². The first-order valence-electron chi connectivity index (χ1n) is 6.60. The molecule has 0 radical (unpaired) electrons. The number of imidazole rings is 1. The number of aryl methyl sites for hydroxylation is 1. The molecule has 0 bridgehead atoms. The zero-order chi connectivity index (χ0) is 15.9. The molecule has 0 aliphatic rings. The summed E-state index contributed by atoms with van der Waals surface area (Å²) in [5.74, 6) is 0.743. The predicted molar refractivity (Wildman–Crippen MR) is 86.5 cm³/mol. The standard InChI is InChI=1S/C15H14ClN3O2S/c1-9-4-2-3-5-10(9)6-15-18-12-7-11(16)14(22(17,20)21)8-13(12)19-15/h2-5,7-8H,6H2,1H3,(H,18,19)(H2,17,20,21). The van der Waals surface area contributed by atoms with Crippen LogP contribution < -0.4 is 5.14 Å². The number of aromatic nitrogens is 2. The van der Waals surface area contributed by atoms with Gasteiger partial charge in [-0.1, -0.05) is 35.9 Å². The molecule has 5 nitrogen and oxygen atoms in total. The molecule has 3 N–H and O–H groups in total. The Morgan fingerprint density at radius 3 is 2.68 bits per heavy atom. The molecule has 0 saturated carbocycles. The third-order valence-electron chi connectivity index (χ3n) is 3.51. The topological polar surface area (TPSA) is 88.8 Å². The van der Waals surface area contributed by atoms with Crippen molar-refractivity contribution in [1.82, 2.24) is 9.97 Å². The van der Waals surface area contributed by atoms with Gasteiger partial charge in [0.1, 0.15) is 10.7 Å². The first kappa shape index (κ1) is 15.0. The van der Waals surface area contributed by atoms with E-state index in [9.17, 15) is 8.42 Å². The van der Waals surface area contributed by atoms with Gasteiger partial charge in [0.05, 0.1) is 16.1 Å². The monoisotopic (exact) mass is 335 g/mol. The molecular formula is C15H14ClN3O2S. The second-order valence-electron chi connectivity index (χ2n) is 5.13. The fourth-order valence-electron chi connectivity index (χ4n) is 2.35. The summed E-state index contributed by atoms with van der Waals surface area (Å²) in [6, 6.07) is 11.0. The summed E-state index contributed by atoms with van der Waals surface area (Å²) >= 11 is 5.97. The summed E-state index contributed by atoms with van der Waals surface area (Å²) < 4.78 is 23.0. The zero-order valence-electron chi connectivity index (χ0n) is 11.8. The van der Waals surface area contributed by atoms with Crippen LogP contribution in [0.15, 0.2) is 41.3 Å². The molecule has 0 spiro atoms. The van der Waals surface area contributed by atoms with Gasteiger partial charge in [-0.2, -0.15) is 0 Å². The zero-order valence-corrected chi connectivity index (χ0v) is 13.4. The van der Waals surface area contributed by atoms with Crippen molar-refractivity contribution in [3.63, 3.8) is 0 Å². The molecular weight excluding hydrogens is 322 g/mol. The van der Waals surface area contributed by atoms with Crippen LogP contribution in [0.25, 0.3) is 11.0 Å². The highest BCUT2D eigenvalue weighted by Crippen LogP contribution is 2.26. The number of H-pyrrole nitrogens is 1. The highest BCUT2D eigenvalue weighted by Gasteiger charge is 2.16. The van der Waals surface area contributed by atoms with Crippen molar-refractivity contribution >= 4 is 32.7 Å². The van der Waals surface area contributed by atoms with Crippen LogP contribution in [0.3, 0.4) is 0 Å². The highest BCUT2D eigenvalue weighted by molar-refractivity contribution is 7.89. The molecule has 1 aromatic heterocycles. The first-order chi connectivity index (χ1) is 10.3. The lowest BCUT2D eigenvalue weighted by Crippen LogP contribution is -2.12. The van der Waals surface area contributed by atoms with Gasteiger partial charge in [0.25, 0.3) is 0 Å². The van der Waals surface area contributed by atoms with Gasteiger partial charge in [0.15, 0.2) is 0 Å². The maximum atomic E-state index is 11.5. The minimum Gasteiger partial charge on any atom is -0.342 e. The number of aromatic amines is 1. The number of primary sulfonamides is 1. The van der Waals surface area contributed by atoms with Gasteiger partial charge in [0.2, 0.25) is 10.0 Å². The number of nitrogens with one attached hydrogen (secondary N) is 1. The van der Waals surface area contributed by atoms with E-state index in [2.05, 4.69) is 9.97 Å². The summed E-state index contributed by atoms with van der Waals surface area (Å²) in [7, 11) is -3.86. The minimum absolute atomic E-state index is 0.0731. The molecule has 22 heavy (non-hydrogen) atoms. The van der Waals surface area contributed by atoms with Gasteiger partial charge < -0.3 is 4.98 Å². The van der Waals surface area contributed by atoms with E-state index < -0.39 is 10.0 Å². The predicted octanol–water partition coefficient (Wildman–Crippen LogP) is 2.76. The van der Waals surface area contributed by atoms with Crippen LogP contribution in [-0.2, 0) is 16.4 Å². The Bertz CT molecular complexity index is 964. The van der Waals surface area contributed by atoms with Gasteiger partial charge in [-0.25, -0.2) is 18.5 Å². The molecule has 0 aliphatic carbocycles. The van der Waals surface area contributed by atoms with Crippen LogP contribution in [0.2, 0.25) is 5.02 Å². The molecule has 1 heterocycles. The van der Waals surface area contributed by atoms with Crippen LogP contribution in [0.4, 0.5) is 0 Å². The molecule has 0 saturated heterocycles. The molecule has 0 amide bonds. The van der Waals surface area contributed by atoms with Crippen molar-refractivity contribution in [2.75, 3.05) is 0 Å². The smallest absolute Gasteiger partial charge is 0.239 e.